The summed E-state index contributed by atoms with van der Waals surface area (Å²) in [7, 11) is 0. The second-order valence-corrected chi connectivity index (χ2v) is 7.75. The fraction of sp³-hybridized carbons (Fsp3) is 0.471. The molecule has 126 valence electrons. The largest absolute Gasteiger partial charge is 0.481 e. The van der Waals surface area contributed by atoms with Gasteiger partial charge in [0.1, 0.15) is 5.82 Å². The highest BCUT2D eigenvalue weighted by Crippen LogP contribution is 2.46. The van der Waals surface area contributed by atoms with E-state index in [1.807, 2.05) is 22.9 Å². The lowest BCUT2D eigenvalue weighted by Crippen LogP contribution is -2.51. The van der Waals surface area contributed by atoms with Gasteiger partial charge >= 0.3 is 5.97 Å². The van der Waals surface area contributed by atoms with Crippen molar-refractivity contribution in [1.29, 1.82) is 0 Å². The van der Waals surface area contributed by atoms with Crippen molar-refractivity contribution in [3.63, 3.8) is 0 Å². The first-order valence-corrected chi connectivity index (χ1v) is 9.50. The van der Waals surface area contributed by atoms with E-state index in [2.05, 4.69) is 15.3 Å². The van der Waals surface area contributed by atoms with Crippen LogP contribution >= 0.6 is 22.9 Å². The molecule has 2 N–H and O–H groups in total. The van der Waals surface area contributed by atoms with Crippen molar-refractivity contribution in [3.8, 4) is 11.3 Å². The number of carboxylic acids is 1. The molecule has 3 saturated carbocycles. The van der Waals surface area contributed by atoms with Gasteiger partial charge in [-0.1, -0.05) is 0 Å². The van der Waals surface area contributed by atoms with Gasteiger partial charge in [0.15, 0.2) is 0 Å². The van der Waals surface area contributed by atoms with E-state index >= 15 is 0 Å². The minimum atomic E-state index is -0.708. The summed E-state index contributed by atoms with van der Waals surface area (Å²) in [5, 5.41) is 17.2. The number of anilines is 1. The van der Waals surface area contributed by atoms with Gasteiger partial charge in [-0.05, 0) is 60.6 Å². The Morgan fingerprint density at radius 1 is 1.25 bits per heavy atom. The second kappa shape index (κ2) is 6.33. The number of rotatable bonds is 4. The van der Waals surface area contributed by atoms with Crippen molar-refractivity contribution >= 4 is 34.7 Å². The summed E-state index contributed by atoms with van der Waals surface area (Å²) in [6, 6.07) is 3.75. The molecule has 2 heterocycles. The molecule has 2 aromatic heterocycles. The molecule has 2 bridgehead atoms. The first kappa shape index (κ1) is 15.8. The first-order chi connectivity index (χ1) is 11.6. The number of thiophene rings is 1. The quantitative estimate of drug-likeness (QED) is 0.798. The van der Waals surface area contributed by atoms with Gasteiger partial charge in [0.25, 0.3) is 0 Å². The summed E-state index contributed by atoms with van der Waals surface area (Å²) < 4.78 is 0. The third kappa shape index (κ3) is 2.89. The SMILES string of the molecule is O=C(O)C1C2CCC(CC2)C1Nc1cc(-c2ccsc2)nc(Cl)n1. The average Bonchev–Trinajstić information content (AvgIpc) is 3.09. The Morgan fingerprint density at radius 2 is 2.00 bits per heavy atom. The van der Waals surface area contributed by atoms with Crippen LogP contribution in [0.15, 0.2) is 22.9 Å². The molecule has 0 radical (unpaired) electrons. The van der Waals surface area contributed by atoms with E-state index < -0.39 is 5.97 Å². The van der Waals surface area contributed by atoms with Crippen LogP contribution in [0, 0.1) is 17.8 Å². The zero-order chi connectivity index (χ0) is 16.7. The number of nitrogens with zero attached hydrogens (tertiary/aromatic N) is 2. The van der Waals surface area contributed by atoms with Gasteiger partial charge in [-0.2, -0.15) is 11.3 Å². The number of aliphatic carboxylic acids is 1. The van der Waals surface area contributed by atoms with Crippen molar-refractivity contribution in [2.24, 2.45) is 17.8 Å². The number of nitrogens with one attached hydrogen (secondary N) is 1. The minimum Gasteiger partial charge on any atom is -0.481 e. The maximum atomic E-state index is 11.8. The first-order valence-electron chi connectivity index (χ1n) is 8.18. The van der Waals surface area contributed by atoms with Crippen molar-refractivity contribution in [3.05, 3.63) is 28.2 Å². The highest BCUT2D eigenvalue weighted by molar-refractivity contribution is 7.08. The van der Waals surface area contributed by atoms with Crippen LogP contribution in [0.25, 0.3) is 11.3 Å². The molecule has 5 rings (SSSR count). The molecule has 0 spiro atoms. The fourth-order valence-corrected chi connectivity index (χ4v) is 5.06. The molecule has 2 atom stereocenters. The van der Waals surface area contributed by atoms with Crippen LogP contribution in [-0.4, -0.2) is 27.1 Å². The zero-order valence-electron chi connectivity index (χ0n) is 13.0. The standard InChI is InChI=1S/C17H18ClN3O2S/c18-17-19-12(11-5-6-24-8-11)7-13(21-17)20-15-10-3-1-9(2-4-10)14(15)16(22)23/h5-10,14-15H,1-4H2,(H,22,23)(H,19,20,21). The summed E-state index contributed by atoms with van der Waals surface area (Å²) in [4.78, 5) is 20.3. The van der Waals surface area contributed by atoms with Crippen molar-refractivity contribution in [2.45, 2.75) is 31.7 Å². The van der Waals surface area contributed by atoms with Crippen LogP contribution in [-0.2, 0) is 4.79 Å². The molecular weight excluding hydrogens is 346 g/mol. The predicted octanol–water partition coefficient (Wildman–Crippen LogP) is 4.16. The minimum absolute atomic E-state index is 0.0868. The molecule has 3 aliphatic carbocycles. The third-order valence-corrected chi connectivity index (χ3v) is 6.19. The van der Waals surface area contributed by atoms with Crippen LogP contribution < -0.4 is 5.32 Å². The summed E-state index contributed by atoms with van der Waals surface area (Å²) in [5.74, 6) is 0.198. The second-order valence-electron chi connectivity index (χ2n) is 6.63. The lowest BCUT2D eigenvalue weighted by atomic mass is 9.61. The van der Waals surface area contributed by atoms with Gasteiger partial charge in [-0.25, -0.2) is 9.97 Å². The number of hydrogen-bond acceptors (Lipinski definition) is 5. The molecule has 2 aromatic rings. The van der Waals surface area contributed by atoms with Crippen LogP contribution in [0.4, 0.5) is 5.82 Å². The van der Waals surface area contributed by atoms with Crippen molar-refractivity contribution in [1.82, 2.24) is 9.97 Å². The molecule has 2 unspecified atom stereocenters. The number of fused-ring (bicyclic) bond motifs is 3. The maximum absolute atomic E-state index is 11.8. The number of carboxylic acid groups (broad SMARTS) is 1. The smallest absolute Gasteiger partial charge is 0.308 e. The molecular formula is C17H18ClN3O2S. The molecule has 24 heavy (non-hydrogen) atoms. The number of carbonyl (C=O) groups is 1. The van der Waals surface area contributed by atoms with E-state index in [0.29, 0.717) is 11.7 Å². The van der Waals surface area contributed by atoms with E-state index in [1.165, 1.54) is 0 Å². The zero-order valence-corrected chi connectivity index (χ0v) is 14.6. The maximum Gasteiger partial charge on any atom is 0.308 e. The Morgan fingerprint density at radius 3 is 2.67 bits per heavy atom. The van der Waals surface area contributed by atoms with Gasteiger partial charge in [0.2, 0.25) is 5.28 Å². The fourth-order valence-electron chi connectivity index (χ4n) is 4.23. The van der Waals surface area contributed by atoms with Gasteiger partial charge in [0.05, 0.1) is 11.6 Å². The predicted molar refractivity (Wildman–Crippen MR) is 94.3 cm³/mol. The van der Waals surface area contributed by atoms with Crippen molar-refractivity contribution < 1.29 is 9.90 Å². The summed E-state index contributed by atoms with van der Waals surface area (Å²) in [6.07, 6.45) is 4.21. The number of aromatic nitrogens is 2. The lowest BCUT2D eigenvalue weighted by molar-refractivity contribution is -0.148. The molecule has 0 aromatic carbocycles. The van der Waals surface area contributed by atoms with Gasteiger partial charge in [-0.15, -0.1) is 0 Å². The third-order valence-electron chi connectivity index (χ3n) is 5.33. The average molecular weight is 364 g/mol. The van der Waals surface area contributed by atoms with Crippen LogP contribution in [0.5, 0.6) is 0 Å². The Hall–Kier alpha value is -1.66. The van der Waals surface area contributed by atoms with Crippen LogP contribution in [0.3, 0.4) is 0 Å². The van der Waals surface area contributed by atoms with Gasteiger partial charge < -0.3 is 10.4 Å². The highest BCUT2D eigenvalue weighted by atomic mass is 35.5. The number of halogens is 1. The Bertz CT molecular complexity index is 744. The van der Waals surface area contributed by atoms with E-state index in [9.17, 15) is 9.90 Å². The summed E-state index contributed by atoms with van der Waals surface area (Å²) >= 11 is 7.68. The molecule has 3 fully saturated rings. The van der Waals surface area contributed by atoms with Crippen molar-refractivity contribution in [2.75, 3.05) is 5.32 Å². The number of hydrogen-bond donors (Lipinski definition) is 2. The topological polar surface area (TPSA) is 75.1 Å². The Kier molecular flexibility index (Phi) is 4.18. The van der Waals surface area contributed by atoms with E-state index in [4.69, 9.17) is 11.6 Å². The molecule has 0 amide bonds. The van der Waals surface area contributed by atoms with Gasteiger partial charge in [0, 0.05) is 23.1 Å². The monoisotopic (exact) mass is 363 g/mol. The van der Waals surface area contributed by atoms with Gasteiger partial charge in [-0.3, -0.25) is 4.79 Å². The molecule has 0 saturated heterocycles. The van der Waals surface area contributed by atoms with Crippen LogP contribution in [0.1, 0.15) is 25.7 Å². The molecule has 0 aliphatic heterocycles. The van der Waals surface area contributed by atoms with E-state index in [1.54, 1.807) is 11.3 Å². The summed E-state index contributed by atoms with van der Waals surface area (Å²) in [6.45, 7) is 0. The highest BCUT2D eigenvalue weighted by Gasteiger charge is 2.47. The summed E-state index contributed by atoms with van der Waals surface area (Å²) in [5.41, 5.74) is 1.75. The van der Waals surface area contributed by atoms with E-state index in [-0.39, 0.29) is 23.2 Å². The Labute approximate surface area is 149 Å². The molecule has 7 heteroatoms. The molecule has 5 nitrogen and oxygen atoms in total. The van der Waals surface area contributed by atoms with E-state index in [0.717, 1.165) is 36.9 Å². The van der Waals surface area contributed by atoms with Crippen LogP contribution in [0.2, 0.25) is 5.28 Å². The normalized spacial score (nSPS) is 28.7. The molecule has 3 aliphatic rings. The lowest BCUT2D eigenvalue weighted by Gasteiger charge is -2.47. The Balaban J connectivity index is 1.63.